The summed E-state index contributed by atoms with van der Waals surface area (Å²) in [7, 11) is 1.23. The SMILES string of the molecule is CCCCCCC/C=C\CCCCCCCC(=O)NC(COP(=O)([O-])OCC[N+](C)(C)C)C(O)/C=C/CC/C=C/CCCCCCCCC. The molecule has 0 fully saturated rings. The Hall–Kier alpha value is -1.28. The minimum atomic E-state index is -4.59. The van der Waals surface area contributed by atoms with Gasteiger partial charge in [0.2, 0.25) is 5.91 Å². The number of allylic oxidation sites excluding steroid dienone is 5. The van der Waals surface area contributed by atoms with Crippen LogP contribution >= 0.6 is 7.82 Å². The van der Waals surface area contributed by atoms with Gasteiger partial charge in [0.1, 0.15) is 13.2 Å². The molecule has 3 atom stereocenters. The number of phosphoric acid groups is 1. The van der Waals surface area contributed by atoms with Crippen LogP contribution in [0.15, 0.2) is 36.5 Å². The van der Waals surface area contributed by atoms with Gasteiger partial charge in [-0.3, -0.25) is 9.36 Å². The molecule has 0 heterocycles. The number of nitrogens with one attached hydrogen (secondary N) is 1. The second-order valence-electron chi connectivity index (χ2n) is 14.6. The molecule has 0 aliphatic rings. The molecule has 0 aromatic rings. The number of hydrogen-bond donors (Lipinski definition) is 2. The molecule has 1 amide bonds. The van der Waals surface area contributed by atoms with E-state index >= 15 is 0 Å². The van der Waals surface area contributed by atoms with E-state index in [1.807, 2.05) is 27.2 Å². The van der Waals surface area contributed by atoms with Gasteiger partial charge in [0.25, 0.3) is 7.82 Å². The maximum absolute atomic E-state index is 12.8. The maximum Gasteiger partial charge on any atom is 0.268 e. The van der Waals surface area contributed by atoms with Crippen LogP contribution in [0.5, 0.6) is 0 Å². The smallest absolute Gasteiger partial charge is 0.268 e. The Kier molecular flexibility index (Phi) is 31.8. The van der Waals surface area contributed by atoms with Gasteiger partial charge >= 0.3 is 0 Å². The van der Waals surface area contributed by atoms with Crippen molar-refractivity contribution < 1.29 is 32.9 Å². The molecule has 288 valence electrons. The Morgan fingerprint density at radius 2 is 1.14 bits per heavy atom. The van der Waals surface area contributed by atoms with E-state index in [0.717, 1.165) is 57.8 Å². The summed E-state index contributed by atoms with van der Waals surface area (Å²) in [5.41, 5.74) is 0. The number of nitrogens with zero attached hydrogens (tertiary/aromatic N) is 1. The van der Waals surface area contributed by atoms with Crippen LogP contribution in [0, 0.1) is 0 Å². The monoisotopic (exact) mass is 713 g/mol. The molecule has 0 saturated heterocycles. The predicted octanol–water partition coefficient (Wildman–Crippen LogP) is 9.72. The molecule has 0 aromatic heterocycles. The lowest BCUT2D eigenvalue weighted by molar-refractivity contribution is -0.870. The van der Waals surface area contributed by atoms with E-state index in [1.54, 1.807) is 6.08 Å². The lowest BCUT2D eigenvalue weighted by atomic mass is 10.1. The van der Waals surface area contributed by atoms with E-state index < -0.39 is 26.6 Å². The van der Waals surface area contributed by atoms with Crippen molar-refractivity contribution >= 4 is 13.7 Å². The number of carbonyl (C=O) groups excluding carboxylic acids is 1. The fourth-order valence-corrected chi connectivity index (χ4v) is 6.06. The molecule has 0 radical (unpaired) electrons. The third kappa shape index (κ3) is 34.9. The highest BCUT2D eigenvalue weighted by Gasteiger charge is 2.23. The van der Waals surface area contributed by atoms with Crippen molar-refractivity contribution in [1.82, 2.24) is 5.32 Å². The van der Waals surface area contributed by atoms with Crippen molar-refractivity contribution in [2.75, 3.05) is 40.9 Å². The van der Waals surface area contributed by atoms with Crippen LogP contribution < -0.4 is 10.2 Å². The fraction of sp³-hybridized carbons (Fsp3) is 0.825. The zero-order chi connectivity index (χ0) is 36.5. The molecule has 0 bridgehead atoms. The van der Waals surface area contributed by atoms with Gasteiger partial charge in [-0.15, -0.1) is 0 Å². The highest BCUT2D eigenvalue weighted by molar-refractivity contribution is 7.45. The molecule has 3 unspecified atom stereocenters. The molecule has 0 saturated carbocycles. The first kappa shape index (κ1) is 47.7. The van der Waals surface area contributed by atoms with E-state index in [0.29, 0.717) is 17.4 Å². The molecule has 0 spiro atoms. The second kappa shape index (κ2) is 32.6. The van der Waals surface area contributed by atoms with Crippen LogP contribution in [-0.2, 0) is 18.4 Å². The summed E-state index contributed by atoms with van der Waals surface area (Å²) >= 11 is 0. The van der Waals surface area contributed by atoms with Gasteiger partial charge in [-0.1, -0.05) is 134 Å². The van der Waals surface area contributed by atoms with E-state index in [9.17, 15) is 19.4 Å². The summed E-state index contributed by atoms with van der Waals surface area (Å²) in [4.78, 5) is 25.2. The molecular formula is C40H77N2O6P. The van der Waals surface area contributed by atoms with E-state index in [2.05, 4.69) is 43.5 Å². The van der Waals surface area contributed by atoms with Gasteiger partial charge < -0.3 is 28.8 Å². The number of amides is 1. The van der Waals surface area contributed by atoms with Crippen LogP contribution in [0.2, 0.25) is 0 Å². The molecule has 0 rings (SSSR count). The highest BCUT2D eigenvalue weighted by Crippen LogP contribution is 2.38. The number of hydrogen-bond acceptors (Lipinski definition) is 6. The molecule has 0 aromatic carbocycles. The molecular weight excluding hydrogens is 635 g/mol. The number of carbonyl (C=O) groups is 1. The summed E-state index contributed by atoms with van der Waals surface area (Å²) < 4.78 is 23.1. The summed E-state index contributed by atoms with van der Waals surface area (Å²) in [6.07, 6.45) is 37.6. The normalized spacial score (nSPS) is 15.0. The quantitative estimate of drug-likeness (QED) is 0.0293. The van der Waals surface area contributed by atoms with Crippen molar-refractivity contribution in [2.24, 2.45) is 0 Å². The Bertz CT molecular complexity index is 902. The Morgan fingerprint density at radius 1 is 0.694 bits per heavy atom. The molecule has 0 aliphatic heterocycles. The van der Waals surface area contributed by atoms with Crippen LogP contribution in [-0.4, -0.2) is 68.5 Å². The van der Waals surface area contributed by atoms with Crippen LogP contribution in [0.4, 0.5) is 0 Å². The topological polar surface area (TPSA) is 108 Å². The van der Waals surface area contributed by atoms with Crippen molar-refractivity contribution in [3.8, 4) is 0 Å². The van der Waals surface area contributed by atoms with E-state index in [-0.39, 0.29) is 12.5 Å². The largest absolute Gasteiger partial charge is 0.756 e. The molecule has 0 aliphatic carbocycles. The average molecular weight is 713 g/mol. The Labute approximate surface area is 302 Å². The minimum absolute atomic E-state index is 0.00829. The standard InChI is InChI=1S/C40H77N2O6P/c1-6-8-10-12-14-16-18-20-22-24-26-28-30-32-34-40(44)41-38(37-48-49(45,46)47-36-35-42(3,4)5)39(43)33-31-29-27-25-23-21-19-17-15-13-11-9-7-2/h18,20,23,25,31,33,38-39,43H,6-17,19,21-22,24,26-30,32,34-37H2,1-5H3,(H-,41,44,45,46)/b20-18-,25-23+,33-31+. The average Bonchev–Trinajstić information content (AvgIpc) is 3.04. The minimum Gasteiger partial charge on any atom is -0.756 e. The van der Waals surface area contributed by atoms with Crippen LogP contribution in [0.25, 0.3) is 0 Å². The third-order valence-electron chi connectivity index (χ3n) is 8.57. The first-order valence-corrected chi connectivity index (χ1v) is 21.3. The number of unbranched alkanes of at least 4 members (excludes halogenated alkanes) is 18. The van der Waals surface area contributed by atoms with Crippen molar-refractivity contribution in [3.63, 3.8) is 0 Å². The number of rotatable bonds is 35. The summed E-state index contributed by atoms with van der Waals surface area (Å²) in [6.45, 7) is 4.57. The van der Waals surface area contributed by atoms with Gasteiger partial charge in [0.05, 0.1) is 39.9 Å². The zero-order valence-electron chi connectivity index (χ0n) is 32.4. The molecule has 8 nitrogen and oxygen atoms in total. The predicted molar refractivity (Wildman–Crippen MR) is 205 cm³/mol. The highest BCUT2D eigenvalue weighted by atomic mass is 31.2. The lowest BCUT2D eigenvalue weighted by Gasteiger charge is -2.29. The molecule has 9 heteroatoms. The van der Waals surface area contributed by atoms with Gasteiger partial charge in [0.15, 0.2) is 0 Å². The van der Waals surface area contributed by atoms with Gasteiger partial charge in [-0.2, -0.15) is 0 Å². The van der Waals surface area contributed by atoms with Gasteiger partial charge in [0, 0.05) is 6.42 Å². The number of aliphatic hydroxyl groups is 1. The molecule has 2 N–H and O–H groups in total. The van der Waals surface area contributed by atoms with Gasteiger partial charge in [-0.05, 0) is 57.8 Å². The van der Waals surface area contributed by atoms with Crippen LogP contribution in [0.1, 0.15) is 162 Å². The second-order valence-corrected chi connectivity index (χ2v) is 16.0. The number of quaternary nitrogens is 1. The summed E-state index contributed by atoms with van der Waals surface area (Å²) in [5, 5.41) is 13.7. The number of aliphatic hydroxyl groups excluding tert-OH is 1. The van der Waals surface area contributed by atoms with E-state index in [4.69, 9.17) is 9.05 Å². The van der Waals surface area contributed by atoms with Crippen molar-refractivity contribution in [3.05, 3.63) is 36.5 Å². The van der Waals surface area contributed by atoms with Crippen molar-refractivity contribution in [2.45, 2.75) is 174 Å². The molecule has 49 heavy (non-hydrogen) atoms. The zero-order valence-corrected chi connectivity index (χ0v) is 33.3. The van der Waals surface area contributed by atoms with Gasteiger partial charge in [-0.25, -0.2) is 0 Å². The van der Waals surface area contributed by atoms with E-state index in [1.165, 1.54) is 83.5 Å². The van der Waals surface area contributed by atoms with Crippen LogP contribution in [0.3, 0.4) is 0 Å². The summed E-state index contributed by atoms with van der Waals surface area (Å²) in [6, 6.07) is -0.903. The first-order chi connectivity index (χ1) is 23.5. The third-order valence-corrected chi connectivity index (χ3v) is 9.54. The number of likely N-dealkylation sites (N-methyl/N-ethyl adjacent to an activating group) is 1. The number of phosphoric ester groups is 1. The Balaban J connectivity index is 4.59. The van der Waals surface area contributed by atoms with Crippen molar-refractivity contribution in [1.29, 1.82) is 0 Å². The summed E-state index contributed by atoms with van der Waals surface area (Å²) in [5.74, 6) is -0.220. The fourth-order valence-electron chi connectivity index (χ4n) is 5.34. The first-order valence-electron chi connectivity index (χ1n) is 19.9. The Morgan fingerprint density at radius 3 is 1.65 bits per heavy atom. The maximum atomic E-state index is 12.8. The lowest BCUT2D eigenvalue weighted by Crippen LogP contribution is -2.45.